The fourth-order valence-corrected chi connectivity index (χ4v) is 0.977. The summed E-state index contributed by atoms with van der Waals surface area (Å²) in [5.74, 6) is 0.613. The Hall–Kier alpha value is -0.160. The Morgan fingerprint density at radius 1 is 0.933 bits per heavy atom. The van der Waals surface area contributed by atoms with E-state index >= 15 is 0 Å². The molecule has 0 amide bonds. The number of rotatable bonds is 11. The zero-order chi connectivity index (χ0) is 11.4. The maximum atomic E-state index is 5.42. The number of ether oxygens (including phenoxy) is 3. The van der Waals surface area contributed by atoms with Gasteiger partial charge in [0.25, 0.3) is 0 Å². The maximum Gasteiger partial charge on any atom is 0.0700 e. The summed E-state index contributed by atoms with van der Waals surface area (Å²) in [5, 5.41) is 3.25. The third-order valence-corrected chi connectivity index (χ3v) is 1.73. The topological polar surface area (TPSA) is 39.7 Å². The van der Waals surface area contributed by atoms with Crippen LogP contribution in [0.25, 0.3) is 0 Å². The molecule has 0 heterocycles. The van der Waals surface area contributed by atoms with Crippen molar-refractivity contribution in [1.29, 1.82) is 0 Å². The van der Waals surface area contributed by atoms with Gasteiger partial charge in [-0.1, -0.05) is 13.8 Å². The largest absolute Gasteiger partial charge is 0.382 e. The second kappa shape index (κ2) is 11.9. The van der Waals surface area contributed by atoms with Crippen molar-refractivity contribution in [2.45, 2.75) is 13.8 Å². The first-order chi connectivity index (χ1) is 7.27. The van der Waals surface area contributed by atoms with Crippen LogP contribution in [0.3, 0.4) is 0 Å². The molecule has 15 heavy (non-hydrogen) atoms. The lowest BCUT2D eigenvalue weighted by Crippen LogP contribution is -2.25. The van der Waals surface area contributed by atoms with E-state index in [9.17, 15) is 0 Å². The van der Waals surface area contributed by atoms with E-state index in [1.807, 2.05) is 0 Å². The summed E-state index contributed by atoms with van der Waals surface area (Å²) < 4.78 is 15.6. The lowest BCUT2D eigenvalue weighted by atomic mass is 10.2. The Morgan fingerprint density at radius 3 is 2.20 bits per heavy atom. The van der Waals surface area contributed by atoms with Crippen LogP contribution in [0.1, 0.15) is 13.8 Å². The van der Waals surface area contributed by atoms with Gasteiger partial charge in [-0.15, -0.1) is 0 Å². The first kappa shape index (κ1) is 14.8. The quantitative estimate of drug-likeness (QED) is 0.524. The highest BCUT2D eigenvalue weighted by atomic mass is 16.5. The Balaban J connectivity index is 2.87. The summed E-state index contributed by atoms with van der Waals surface area (Å²) in [6.45, 7) is 9.73. The van der Waals surface area contributed by atoms with E-state index in [1.54, 1.807) is 7.11 Å². The molecule has 0 fully saturated rings. The molecule has 0 saturated heterocycles. The van der Waals surface area contributed by atoms with Crippen molar-refractivity contribution in [3.05, 3.63) is 0 Å². The summed E-state index contributed by atoms with van der Waals surface area (Å²) in [4.78, 5) is 0. The average Bonchev–Trinajstić information content (AvgIpc) is 2.20. The molecular formula is C11H25NO3. The van der Waals surface area contributed by atoms with Gasteiger partial charge < -0.3 is 19.5 Å². The maximum absolute atomic E-state index is 5.42. The molecule has 0 aromatic rings. The van der Waals surface area contributed by atoms with Gasteiger partial charge >= 0.3 is 0 Å². The first-order valence-corrected chi connectivity index (χ1v) is 5.62. The summed E-state index contributed by atoms with van der Waals surface area (Å²) in [5.41, 5.74) is 0. The molecule has 0 saturated carbocycles. The molecule has 0 aromatic heterocycles. The summed E-state index contributed by atoms with van der Waals surface area (Å²) in [7, 11) is 1.67. The van der Waals surface area contributed by atoms with E-state index in [2.05, 4.69) is 19.2 Å². The first-order valence-electron chi connectivity index (χ1n) is 5.62. The predicted molar refractivity (Wildman–Crippen MR) is 61.2 cm³/mol. The van der Waals surface area contributed by atoms with Crippen LogP contribution < -0.4 is 5.32 Å². The summed E-state index contributed by atoms with van der Waals surface area (Å²) >= 11 is 0. The van der Waals surface area contributed by atoms with E-state index < -0.39 is 0 Å². The van der Waals surface area contributed by atoms with Crippen LogP contribution in [0.4, 0.5) is 0 Å². The molecule has 0 aromatic carbocycles. The lowest BCUT2D eigenvalue weighted by Gasteiger charge is -2.08. The number of methoxy groups -OCH3 is 1. The van der Waals surface area contributed by atoms with E-state index in [-0.39, 0.29) is 0 Å². The molecule has 0 aliphatic heterocycles. The van der Waals surface area contributed by atoms with Gasteiger partial charge in [-0.25, -0.2) is 0 Å². The normalized spacial score (nSPS) is 11.2. The van der Waals surface area contributed by atoms with Crippen LogP contribution in [-0.2, 0) is 14.2 Å². The molecule has 0 aliphatic rings. The lowest BCUT2D eigenvalue weighted by molar-refractivity contribution is 0.0698. The minimum atomic E-state index is 0.613. The standard InChI is InChI=1S/C11H25NO3/c1-11(2)10-15-7-5-12-4-6-14-9-8-13-3/h11-12H,4-10H2,1-3H3. The molecule has 0 unspecified atom stereocenters. The molecule has 0 spiro atoms. The van der Waals surface area contributed by atoms with Gasteiger partial charge in [-0.3, -0.25) is 0 Å². The minimum Gasteiger partial charge on any atom is -0.382 e. The van der Waals surface area contributed by atoms with Gasteiger partial charge in [0.2, 0.25) is 0 Å². The molecule has 0 rings (SSSR count). The van der Waals surface area contributed by atoms with Crippen molar-refractivity contribution >= 4 is 0 Å². The second-order valence-electron chi connectivity index (χ2n) is 3.82. The Morgan fingerprint density at radius 2 is 1.60 bits per heavy atom. The third-order valence-electron chi connectivity index (χ3n) is 1.73. The Kier molecular flexibility index (Phi) is 11.8. The van der Waals surface area contributed by atoms with Crippen LogP contribution in [0.2, 0.25) is 0 Å². The zero-order valence-corrected chi connectivity index (χ0v) is 10.3. The molecular weight excluding hydrogens is 194 g/mol. The van der Waals surface area contributed by atoms with Gasteiger partial charge in [-0.2, -0.15) is 0 Å². The van der Waals surface area contributed by atoms with Gasteiger partial charge in [0.15, 0.2) is 0 Å². The van der Waals surface area contributed by atoms with Crippen molar-refractivity contribution in [3.63, 3.8) is 0 Å². The third kappa shape index (κ3) is 13.8. The molecule has 1 N–H and O–H groups in total. The van der Waals surface area contributed by atoms with Crippen LogP contribution in [0.15, 0.2) is 0 Å². The summed E-state index contributed by atoms with van der Waals surface area (Å²) in [6, 6.07) is 0. The number of hydrogen-bond donors (Lipinski definition) is 1. The van der Waals surface area contributed by atoms with E-state index in [1.165, 1.54) is 0 Å². The van der Waals surface area contributed by atoms with Gasteiger partial charge in [-0.05, 0) is 5.92 Å². The van der Waals surface area contributed by atoms with Gasteiger partial charge in [0.1, 0.15) is 0 Å². The van der Waals surface area contributed by atoms with Gasteiger partial charge in [0.05, 0.1) is 26.4 Å². The number of nitrogens with one attached hydrogen (secondary N) is 1. The van der Waals surface area contributed by atoms with E-state index in [0.717, 1.165) is 32.9 Å². The predicted octanol–water partition coefficient (Wildman–Crippen LogP) is 0.912. The van der Waals surface area contributed by atoms with Crippen molar-refractivity contribution < 1.29 is 14.2 Å². The van der Waals surface area contributed by atoms with Crippen molar-refractivity contribution in [2.24, 2.45) is 5.92 Å². The Bertz CT molecular complexity index is 120. The smallest absolute Gasteiger partial charge is 0.0700 e. The van der Waals surface area contributed by atoms with Crippen molar-refractivity contribution in [2.75, 3.05) is 53.2 Å². The second-order valence-corrected chi connectivity index (χ2v) is 3.82. The minimum absolute atomic E-state index is 0.613. The highest BCUT2D eigenvalue weighted by Crippen LogP contribution is 1.90. The Labute approximate surface area is 93.3 Å². The molecule has 4 nitrogen and oxygen atoms in total. The van der Waals surface area contributed by atoms with Crippen molar-refractivity contribution in [3.8, 4) is 0 Å². The molecule has 4 heteroatoms. The fraction of sp³-hybridized carbons (Fsp3) is 1.00. The number of hydrogen-bond acceptors (Lipinski definition) is 4. The molecule has 0 atom stereocenters. The van der Waals surface area contributed by atoms with E-state index in [0.29, 0.717) is 19.1 Å². The SMILES string of the molecule is COCCOCCNCCOCC(C)C. The molecule has 0 bridgehead atoms. The zero-order valence-electron chi connectivity index (χ0n) is 10.3. The molecule has 92 valence electrons. The van der Waals surface area contributed by atoms with Crippen LogP contribution in [0, 0.1) is 5.92 Å². The van der Waals surface area contributed by atoms with Crippen molar-refractivity contribution in [1.82, 2.24) is 5.32 Å². The average molecular weight is 219 g/mol. The highest BCUT2D eigenvalue weighted by Gasteiger charge is 1.93. The van der Waals surface area contributed by atoms with E-state index in [4.69, 9.17) is 14.2 Å². The fourth-order valence-electron chi connectivity index (χ4n) is 0.977. The highest BCUT2D eigenvalue weighted by molar-refractivity contribution is 4.46. The van der Waals surface area contributed by atoms with Crippen LogP contribution in [0.5, 0.6) is 0 Å². The summed E-state index contributed by atoms with van der Waals surface area (Å²) in [6.07, 6.45) is 0. The monoisotopic (exact) mass is 219 g/mol. The van der Waals surface area contributed by atoms with Crippen LogP contribution in [-0.4, -0.2) is 53.2 Å². The van der Waals surface area contributed by atoms with Gasteiger partial charge in [0, 0.05) is 26.8 Å². The molecule has 0 aliphatic carbocycles. The van der Waals surface area contributed by atoms with Crippen LogP contribution >= 0.6 is 0 Å². The molecule has 0 radical (unpaired) electrons.